The average Bonchev–Trinajstić information content (AvgIpc) is 3.12. The van der Waals surface area contributed by atoms with Gasteiger partial charge in [0.05, 0.1) is 6.04 Å². The molecule has 0 aliphatic carbocycles. The second-order valence-electron chi connectivity index (χ2n) is 4.90. The molecule has 1 unspecified atom stereocenters. The molecule has 0 bridgehead atoms. The van der Waals surface area contributed by atoms with Crippen LogP contribution in [0.5, 0.6) is 0 Å². The van der Waals surface area contributed by atoms with E-state index in [1.54, 1.807) is 29.7 Å². The van der Waals surface area contributed by atoms with E-state index < -0.39 is 0 Å². The van der Waals surface area contributed by atoms with Crippen molar-refractivity contribution in [2.75, 3.05) is 0 Å². The highest BCUT2D eigenvalue weighted by Crippen LogP contribution is 2.22. The van der Waals surface area contributed by atoms with Gasteiger partial charge in [0.2, 0.25) is 0 Å². The molecule has 0 radical (unpaired) electrons. The molecule has 0 aliphatic rings. The SMILES string of the molecule is Cn1ccnc1C(NCc1ccsc1)c1cccc(F)c1. The first-order valence-corrected chi connectivity index (χ1v) is 7.65. The molecule has 0 spiro atoms. The van der Waals surface area contributed by atoms with Gasteiger partial charge in [0.15, 0.2) is 0 Å². The molecular formula is C16H16FN3S. The molecule has 5 heteroatoms. The van der Waals surface area contributed by atoms with Crippen molar-refractivity contribution in [3.8, 4) is 0 Å². The Hall–Kier alpha value is -1.98. The Morgan fingerprint density at radius 1 is 1.38 bits per heavy atom. The number of benzene rings is 1. The third kappa shape index (κ3) is 3.20. The number of halogens is 1. The van der Waals surface area contributed by atoms with Gasteiger partial charge >= 0.3 is 0 Å². The highest BCUT2D eigenvalue weighted by molar-refractivity contribution is 7.07. The largest absolute Gasteiger partial charge is 0.336 e. The first-order chi connectivity index (χ1) is 10.2. The summed E-state index contributed by atoms with van der Waals surface area (Å²) in [6.45, 7) is 0.720. The van der Waals surface area contributed by atoms with Gasteiger partial charge in [-0.2, -0.15) is 11.3 Å². The number of imidazole rings is 1. The van der Waals surface area contributed by atoms with Crippen molar-refractivity contribution >= 4 is 11.3 Å². The van der Waals surface area contributed by atoms with Crippen LogP contribution in [0.1, 0.15) is 23.0 Å². The number of nitrogens with zero attached hydrogens (tertiary/aromatic N) is 2. The smallest absolute Gasteiger partial charge is 0.130 e. The lowest BCUT2D eigenvalue weighted by atomic mass is 10.1. The fraction of sp³-hybridized carbons (Fsp3) is 0.188. The number of hydrogen-bond acceptors (Lipinski definition) is 3. The van der Waals surface area contributed by atoms with Crippen molar-refractivity contribution in [3.05, 3.63) is 76.3 Å². The summed E-state index contributed by atoms with van der Waals surface area (Å²) in [5, 5.41) is 7.62. The summed E-state index contributed by atoms with van der Waals surface area (Å²) < 4.78 is 15.5. The Bertz CT molecular complexity index is 706. The summed E-state index contributed by atoms with van der Waals surface area (Å²) in [6, 6.07) is 8.60. The van der Waals surface area contributed by atoms with Crippen LogP contribution in [-0.4, -0.2) is 9.55 Å². The summed E-state index contributed by atoms with van der Waals surface area (Å²) in [4.78, 5) is 4.40. The van der Waals surface area contributed by atoms with E-state index in [1.807, 2.05) is 23.9 Å². The molecule has 108 valence electrons. The molecule has 3 nitrogen and oxygen atoms in total. The van der Waals surface area contributed by atoms with Crippen molar-refractivity contribution in [1.29, 1.82) is 0 Å². The molecule has 1 atom stereocenters. The van der Waals surface area contributed by atoms with Crippen LogP contribution in [-0.2, 0) is 13.6 Å². The number of nitrogens with one attached hydrogen (secondary N) is 1. The van der Waals surface area contributed by atoms with Crippen LogP contribution in [0.25, 0.3) is 0 Å². The van der Waals surface area contributed by atoms with Crippen LogP contribution < -0.4 is 5.32 Å². The molecule has 1 N–H and O–H groups in total. The van der Waals surface area contributed by atoms with E-state index in [4.69, 9.17) is 0 Å². The van der Waals surface area contributed by atoms with Gasteiger partial charge in [-0.1, -0.05) is 12.1 Å². The standard InChI is InChI=1S/C16H16FN3S/c1-20-7-6-18-16(20)15(13-3-2-4-14(17)9-13)19-10-12-5-8-21-11-12/h2-9,11,15,19H,10H2,1H3. The fourth-order valence-corrected chi connectivity index (χ4v) is 2.98. The van der Waals surface area contributed by atoms with Gasteiger partial charge in [0, 0.05) is 26.0 Å². The molecule has 0 saturated heterocycles. The maximum absolute atomic E-state index is 13.5. The topological polar surface area (TPSA) is 29.9 Å². The minimum Gasteiger partial charge on any atom is -0.336 e. The maximum atomic E-state index is 13.5. The Morgan fingerprint density at radius 3 is 2.95 bits per heavy atom. The van der Waals surface area contributed by atoms with Crippen molar-refractivity contribution in [1.82, 2.24) is 14.9 Å². The van der Waals surface area contributed by atoms with E-state index >= 15 is 0 Å². The minimum absolute atomic E-state index is 0.138. The van der Waals surface area contributed by atoms with Crippen molar-refractivity contribution in [2.45, 2.75) is 12.6 Å². The maximum Gasteiger partial charge on any atom is 0.130 e. The predicted octanol–water partition coefficient (Wildman–Crippen LogP) is 3.50. The Morgan fingerprint density at radius 2 is 2.29 bits per heavy atom. The predicted molar refractivity (Wildman–Crippen MR) is 82.6 cm³/mol. The van der Waals surface area contributed by atoms with E-state index in [9.17, 15) is 4.39 Å². The Balaban J connectivity index is 1.89. The minimum atomic E-state index is -0.232. The highest BCUT2D eigenvalue weighted by Gasteiger charge is 2.18. The second-order valence-corrected chi connectivity index (χ2v) is 5.68. The molecule has 0 aliphatic heterocycles. The lowest BCUT2D eigenvalue weighted by Crippen LogP contribution is -2.24. The van der Waals surface area contributed by atoms with Gasteiger partial charge in [-0.3, -0.25) is 5.32 Å². The molecule has 3 aromatic rings. The van der Waals surface area contributed by atoms with Crippen molar-refractivity contribution < 1.29 is 4.39 Å². The number of rotatable bonds is 5. The van der Waals surface area contributed by atoms with Gasteiger partial charge in [-0.05, 0) is 40.1 Å². The van der Waals surface area contributed by atoms with Crippen LogP contribution in [0.2, 0.25) is 0 Å². The third-order valence-corrected chi connectivity index (χ3v) is 4.12. The summed E-state index contributed by atoms with van der Waals surface area (Å²) in [7, 11) is 1.95. The van der Waals surface area contributed by atoms with Crippen molar-refractivity contribution in [2.24, 2.45) is 7.05 Å². The lowest BCUT2D eigenvalue weighted by Gasteiger charge is -2.19. The van der Waals surface area contributed by atoms with E-state index in [-0.39, 0.29) is 11.9 Å². The summed E-state index contributed by atoms with van der Waals surface area (Å²) in [6.07, 6.45) is 3.65. The summed E-state index contributed by atoms with van der Waals surface area (Å²) >= 11 is 1.67. The molecule has 0 amide bonds. The zero-order valence-corrected chi connectivity index (χ0v) is 12.5. The molecular weight excluding hydrogens is 285 g/mol. The first kappa shape index (κ1) is 14.0. The zero-order chi connectivity index (χ0) is 14.7. The molecule has 0 fully saturated rings. The normalized spacial score (nSPS) is 12.5. The average molecular weight is 301 g/mol. The molecule has 2 aromatic heterocycles. The van der Waals surface area contributed by atoms with Crippen LogP contribution in [0.15, 0.2) is 53.5 Å². The van der Waals surface area contributed by atoms with E-state index in [0.29, 0.717) is 0 Å². The van der Waals surface area contributed by atoms with Gasteiger partial charge in [-0.25, -0.2) is 9.37 Å². The third-order valence-electron chi connectivity index (χ3n) is 3.39. The van der Waals surface area contributed by atoms with E-state index in [0.717, 1.165) is 17.9 Å². The molecule has 0 saturated carbocycles. The number of hydrogen-bond donors (Lipinski definition) is 1. The fourth-order valence-electron chi connectivity index (χ4n) is 2.31. The van der Waals surface area contributed by atoms with Gasteiger partial charge in [0.25, 0.3) is 0 Å². The van der Waals surface area contributed by atoms with E-state index in [1.165, 1.54) is 11.6 Å². The quantitative estimate of drug-likeness (QED) is 0.781. The Kier molecular flexibility index (Phi) is 4.13. The molecule has 21 heavy (non-hydrogen) atoms. The van der Waals surface area contributed by atoms with Crippen LogP contribution in [0.4, 0.5) is 4.39 Å². The number of aromatic nitrogens is 2. The molecule has 2 heterocycles. The highest BCUT2D eigenvalue weighted by atomic mass is 32.1. The van der Waals surface area contributed by atoms with Crippen LogP contribution in [0.3, 0.4) is 0 Å². The zero-order valence-electron chi connectivity index (χ0n) is 11.7. The Labute approximate surface area is 127 Å². The first-order valence-electron chi connectivity index (χ1n) is 6.71. The number of aryl methyl sites for hydroxylation is 1. The second kappa shape index (κ2) is 6.20. The lowest BCUT2D eigenvalue weighted by molar-refractivity contribution is 0.552. The van der Waals surface area contributed by atoms with Crippen LogP contribution in [0, 0.1) is 5.82 Å². The van der Waals surface area contributed by atoms with E-state index in [2.05, 4.69) is 27.1 Å². The molecule has 1 aromatic carbocycles. The van der Waals surface area contributed by atoms with Crippen molar-refractivity contribution in [3.63, 3.8) is 0 Å². The number of thiophene rings is 1. The van der Waals surface area contributed by atoms with Crippen LogP contribution >= 0.6 is 11.3 Å². The van der Waals surface area contributed by atoms with Gasteiger partial charge < -0.3 is 4.57 Å². The summed E-state index contributed by atoms with van der Waals surface area (Å²) in [5.41, 5.74) is 2.09. The van der Waals surface area contributed by atoms with Gasteiger partial charge in [0.1, 0.15) is 11.6 Å². The molecule has 3 rings (SSSR count). The summed E-state index contributed by atoms with van der Waals surface area (Å²) in [5.74, 6) is 0.639. The monoisotopic (exact) mass is 301 g/mol. The van der Waals surface area contributed by atoms with Gasteiger partial charge in [-0.15, -0.1) is 0 Å².